The maximum absolute atomic E-state index is 12.8. The van der Waals surface area contributed by atoms with Gasteiger partial charge in [-0.3, -0.25) is 19.2 Å². The lowest BCUT2D eigenvalue weighted by Crippen LogP contribution is -2.13. The van der Waals surface area contributed by atoms with E-state index in [2.05, 4.69) is 31.9 Å². The Balaban J connectivity index is 1.44. The number of methoxy groups -OCH3 is 2. The number of carboxylic acid groups (broad SMARTS) is 1. The van der Waals surface area contributed by atoms with Gasteiger partial charge < -0.3 is 24.1 Å². The van der Waals surface area contributed by atoms with E-state index in [1.165, 1.54) is 43.6 Å². The molecule has 0 amide bonds. The van der Waals surface area contributed by atoms with Gasteiger partial charge in [-0.15, -0.1) is 22.7 Å². The monoisotopic (exact) mass is 782 g/mol. The van der Waals surface area contributed by atoms with Crippen LogP contribution in [0.2, 0.25) is 0 Å². The van der Waals surface area contributed by atoms with E-state index in [0.29, 0.717) is 61.3 Å². The van der Waals surface area contributed by atoms with E-state index in [9.17, 15) is 19.2 Å². The van der Waals surface area contributed by atoms with E-state index in [-0.39, 0.29) is 36.1 Å². The van der Waals surface area contributed by atoms with E-state index >= 15 is 0 Å². The first-order valence-electron chi connectivity index (χ1n) is 14.0. The van der Waals surface area contributed by atoms with Crippen molar-refractivity contribution in [2.75, 3.05) is 27.4 Å². The van der Waals surface area contributed by atoms with Crippen molar-refractivity contribution in [3.8, 4) is 23.0 Å². The molecule has 4 aromatic rings. The first kappa shape index (κ1) is 34.9. The molecular weight excluding hydrogens is 752 g/mol. The van der Waals surface area contributed by atoms with Gasteiger partial charge in [0.25, 0.3) is 0 Å². The van der Waals surface area contributed by atoms with Gasteiger partial charge in [0.05, 0.1) is 52.1 Å². The van der Waals surface area contributed by atoms with Crippen molar-refractivity contribution in [1.29, 1.82) is 0 Å². The molecule has 0 saturated heterocycles. The number of hydrogen-bond acceptors (Lipinski definition) is 10. The van der Waals surface area contributed by atoms with Crippen LogP contribution in [0.5, 0.6) is 23.0 Å². The van der Waals surface area contributed by atoms with Gasteiger partial charge in [0.1, 0.15) is 5.78 Å². The number of aliphatic carboxylic acids is 1. The molecule has 0 radical (unpaired) electrons. The minimum atomic E-state index is -1.01. The molecule has 9 nitrogen and oxygen atoms in total. The van der Waals surface area contributed by atoms with Crippen LogP contribution in [0.1, 0.15) is 59.4 Å². The van der Waals surface area contributed by atoms with Crippen molar-refractivity contribution in [2.45, 2.75) is 40.0 Å². The van der Waals surface area contributed by atoms with Gasteiger partial charge in [-0.25, -0.2) is 0 Å². The Bertz CT molecular complexity index is 1650. The van der Waals surface area contributed by atoms with Crippen LogP contribution in [0.25, 0.3) is 20.2 Å². The summed E-state index contributed by atoms with van der Waals surface area (Å²) >= 11 is 9.86. The number of fused-ring (bicyclic) bond motifs is 2. The summed E-state index contributed by atoms with van der Waals surface area (Å²) < 4.78 is 26.3. The van der Waals surface area contributed by atoms with E-state index < -0.39 is 11.9 Å². The average Bonchev–Trinajstić information content (AvgIpc) is 3.63. The molecule has 2 aromatic carbocycles. The van der Waals surface area contributed by atoms with Crippen LogP contribution in [0.4, 0.5) is 0 Å². The fourth-order valence-corrected chi connectivity index (χ4v) is 8.07. The Morgan fingerprint density at radius 2 is 1.18 bits per heavy atom. The van der Waals surface area contributed by atoms with Crippen molar-refractivity contribution in [2.24, 2.45) is 11.8 Å². The molecule has 2 aromatic heterocycles. The van der Waals surface area contributed by atoms with Gasteiger partial charge in [-0.1, -0.05) is 13.8 Å². The number of carboxylic acids is 1. The maximum atomic E-state index is 12.8. The quantitative estimate of drug-likeness (QED) is 0.0879. The molecular formula is C32H32Br2O9S2. The fraction of sp³-hybridized carbons (Fsp3) is 0.375. The highest BCUT2D eigenvalue weighted by Crippen LogP contribution is 2.46. The van der Waals surface area contributed by atoms with Crippen LogP contribution in [0.15, 0.2) is 33.2 Å². The van der Waals surface area contributed by atoms with Gasteiger partial charge in [-0.2, -0.15) is 0 Å². The average molecular weight is 785 g/mol. The SMILES string of the molecule is COc1cc2sc(C(=O)C[C@H](C)C(C)=O)cc2c(Br)c1OCCCOc1c(OC)cc2sc(C(=O)C[C@H](C)C(=O)O)cc2c1Br. The fourth-order valence-electron chi connectivity index (χ4n) is 4.44. The number of halogens is 2. The summed E-state index contributed by atoms with van der Waals surface area (Å²) in [4.78, 5) is 49.3. The molecule has 0 bridgehead atoms. The van der Waals surface area contributed by atoms with Crippen LogP contribution < -0.4 is 18.9 Å². The number of ether oxygens (including phenoxy) is 4. The van der Waals surface area contributed by atoms with E-state index in [1.54, 1.807) is 26.2 Å². The third-order valence-electron chi connectivity index (χ3n) is 7.23. The third kappa shape index (κ3) is 7.87. The second kappa shape index (κ2) is 15.1. The predicted octanol–water partition coefficient (Wildman–Crippen LogP) is 8.60. The lowest BCUT2D eigenvalue weighted by Gasteiger charge is -2.15. The van der Waals surface area contributed by atoms with Crippen LogP contribution in [0, 0.1) is 11.8 Å². The van der Waals surface area contributed by atoms with Gasteiger partial charge in [0.15, 0.2) is 34.6 Å². The van der Waals surface area contributed by atoms with E-state index in [4.69, 9.17) is 24.1 Å². The first-order valence-corrected chi connectivity index (χ1v) is 17.2. The molecule has 240 valence electrons. The standard InChI is InChI=1S/C32H32Br2O9S2/c1-15(17(3)35)9-20(36)26-11-18-24(44-26)13-22(40-4)30(28(18)33)42-7-6-8-43-31-23(41-5)14-25-19(29(31)34)12-27(45-25)21(37)10-16(2)32(38)39/h11-16H,6-10H2,1-5H3,(H,38,39)/t15-,16-/m0/s1. The molecule has 0 aliphatic carbocycles. The van der Waals surface area contributed by atoms with E-state index in [0.717, 1.165) is 20.2 Å². The molecule has 0 unspecified atom stereocenters. The largest absolute Gasteiger partial charge is 0.493 e. The Morgan fingerprint density at radius 1 is 0.756 bits per heavy atom. The van der Waals surface area contributed by atoms with Gasteiger partial charge in [0, 0.05) is 57.5 Å². The maximum Gasteiger partial charge on any atom is 0.306 e. The molecule has 45 heavy (non-hydrogen) atoms. The second-order valence-electron chi connectivity index (χ2n) is 10.5. The van der Waals surface area contributed by atoms with Crippen molar-refractivity contribution in [3.63, 3.8) is 0 Å². The smallest absolute Gasteiger partial charge is 0.306 e. The molecule has 0 spiro atoms. The summed E-state index contributed by atoms with van der Waals surface area (Å²) in [6.45, 7) is 5.34. The summed E-state index contributed by atoms with van der Waals surface area (Å²) in [6, 6.07) is 7.18. The van der Waals surface area contributed by atoms with Gasteiger partial charge >= 0.3 is 5.97 Å². The highest BCUT2D eigenvalue weighted by atomic mass is 79.9. The Morgan fingerprint density at radius 3 is 1.56 bits per heavy atom. The third-order valence-corrected chi connectivity index (χ3v) is 11.1. The molecule has 0 aliphatic heterocycles. The molecule has 4 rings (SSSR count). The normalized spacial score (nSPS) is 12.6. The number of ketones is 3. The summed E-state index contributed by atoms with van der Waals surface area (Å²) in [6.07, 6.45) is 0.587. The molecule has 0 fully saturated rings. The zero-order valence-corrected chi connectivity index (χ0v) is 30.1. The molecule has 2 atom stereocenters. The Kier molecular flexibility index (Phi) is 11.7. The molecule has 2 heterocycles. The minimum Gasteiger partial charge on any atom is -0.493 e. The molecule has 0 saturated carbocycles. The predicted molar refractivity (Wildman–Crippen MR) is 182 cm³/mol. The molecule has 0 aliphatic rings. The first-order chi connectivity index (χ1) is 21.4. The number of thiophene rings is 2. The number of Topliss-reactive ketones (excluding diaryl/α,β-unsaturated/α-hetero) is 3. The number of carbonyl (C=O) groups is 4. The van der Waals surface area contributed by atoms with Crippen molar-refractivity contribution in [1.82, 2.24) is 0 Å². The number of rotatable bonds is 16. The zero-order chi connectivity index (χ0) is 33.0. The van der Waals surface area contributed by atoms with Gasteiger partial charge in [0.2, 0.25) is 0 Å². The highest BCUT2D eigenvalue weighted by Gasteiger charge is 2.23. The summed E-state index contributed by atoms with van der Waals surface area (Å²) in [5.74, 6) is -0.459. The summed E-state index contributed by atoms with van der Waals surface area (Å²) in [5, 5.41) is 10.8. The highest BCUT2D eigenvalue weighted by molar-refractivity contribution is 9.11. The topological polar surface area (TPSA) is 125 Å². The summed E-state index contributed by atoms with van der Waals surface area (Å²) in [7, 11) is 3.08. The lowest BCUT2D eigenvalue weighted by atomic mass is 10.0. The van der Waals surface area contributed by atoms with Crippen LogP contribution in [-0.2, 0) is 9.59 Å². The van der Waals surface area contributed by atoms with Crippen LogP contribution >= 0.6 is 54.5 Å². The Hall–Kier alpha value is -3.00. The van der Waals surface area contributed by atoms with Gasteiger partial charge in [-0.05, 0) is 50.9 Å². The number of carbonyl (C=O) groups excluding carboxylic acids is 3. The van der Waals surface area contributed by atoms with Crippen LogP contribution in [-0.4, -0.2) is 55.9 Å². The van der Waals surface area contributed by atoms with Crippen LogP contribution in [0.3, 0.4) is 0 Å². The number of benzene rings is 2. The second-order valence-corrected chi connectivity index (χ2v) is 14.3. The number of hydrogen-bond donors (Lipinski definition) is 1. The molecule has 1 N–H and O–H groups in total. The van der Waals surface area contributed by atoms with E-state index in [1.807, 2.05) is 12.1 Å². The minimum absolute atomic E-state index is 0.0184. The lowest BCUT2D eigenvalue weighted by molar-refractivity contribution is -0.141. The van der Waals surface area contributed by atoms with Crippen molar-refractivity contribution >= 4 is 98.0 Å². The zero-order valence-electron chi connectivity index (χ0n) is 25.3. The van der Waals surface area contributed by atoms with Crippen molar-refractivity contribution in [3.05, 3.63) is 43.0 Å². The molecule has 13 heteroatoms. The summed E-state index contributed by atoms with van der Waals surface area (Å²) in [5.41, 5.74) is 0. The van der Waals surface area contributed by atoms with Crippen molar-refractivity contribution < 1.29 is 43.2 Å². The Labute approximate surface area is 285 Å².